The molecule has 19 heavy (non-hydrogen) atoms. The minimum Gasteiger partial charge on any atom is -0.508 e. The number of aromatic hydroxyl groups is 1. The van der Waals surface area contributed by atoms with Gasteiger partial charge in [-0.1, -0.05) is 31.3 Å². The maximum Gasteiger partial charge on any atom is 0.115 e. The van der Waals surface area contributed by atoms with Crippen molar-refractivity contribution in [1.29, 1.82) is 0 Å². The highest BCUT2D eigenvalue weighted by Gasteiger charge is 2.38. The van der Waals surface area contributed by atoms with Crippen LogP contribution in [0.4, 0.5) is 0 Å². The van der Waals surface area contributed by atoms with E-state index in [1.165, 1.54) is 0 Å². The average Bonchev–Trinajstić information content (AvgIpc) is 2.59. The molecule has 0 radical (unpaired) electrons. The normalized spacial score (nSPS) is 29.4. The van der Waals surface area contributed by atoms with Crippen molar-refractivity contribution in [1.82, 2.24) is 4.90 Å². The Balaban J connectivity index is 2.71. The van der Waals surface area contributed by atoms with Gasteiger partial charge in [0.25, 0.3) is 0 Å². The molecule has 106 valence electrons. The third-order valence-corrected chi connectivity index (χ3v) is 3.71. The first kappa shape index (κ1) is 6.15. The molecule has 1 aliphatic carbocycles. The third kappa shape index (κ3) is 3.48. The second kappa shape index (κ2) is 5.93. The second-order valence-corrected chi connectivity index (χ2v) is 5.09. The molecule has 3 heteroatoms. The van der Waals surface area contributed by atoms with Gasteiger partial charge in [-0.3, -0.25) is 0 Å². The fourth-order valence-corrected chi connectivity index (χ4v) is 2.71. The van der Waals surface area contributed by atoms with Crippen molar-refractivity contribution in [3.05, 3.63) is 29.7 Å². The van der Waals surface area contributed by atoms with Crippen LogP contribution in [0.1, 0.15) is 57.3 Å². The Bertz CT molecular complexity index is 713. The van der Waals surface area contributed by atoms with Crippen molar-refractivity contribution in [3.63, 3.8) is 0 Å². The summed E-state index contributed by atoms with van der Waals surface area (Å²) in [7, 11) is 0. The van der Waals surface area contributed by atoms with Gasteiger partial charge in [0, 0.05) is 20.7 Å². The summed E-state index contributed by atoms with van der Waals surface area (Å²) < 4.78 is 77.8. The standard InChI is InChI=1S/C16H25NO2/c1-17(2)12-15(13-6-8-14(18)9-7-13)16(19)10-4-3-5-11-16/h6-9,15,18-19H,3-5,10-12H2,1-2H3/i1D3,2D3,6D,7D,8D,9D. The minimum absolute atomic E-state index is 0.202. The van der Waals surface area contributed by atoms with Gasteiger partial charge in [-0.2, -0.15) is 0 Å². The van der Waals surface area contributed by atoms with Crippen molar-refractivity contribution in [2.24, 2.45) is 0 Å². The van der Waals surface area contributed by atoms with Gasteiger partial charge in [-0.15, -0.1) is 0 Å². The van der Waals surface area contributed by atoms with E-state index in [4.69, 9.17) is 13.7 Å². The average molecular weight is 273 g/mol. The molecular weight excluding hydrogens is 238 g/mol. The van der Waals surface area contributed by atoms with Crippen molar-refractivity contribution in [2.45, 2.75) is 43.6 Å². The maximum atomic E-state index is 11.3. The molecule has 0 saturated heterocycles. The summed E-state index contributed by atoms with van der Waals surface area (Å²) in [6.45, 7) is -6.79. The van der Waals surface area contributed by atoms with Gasteiger partial charge in [0.15, 0.2) is 0 Å². The summed E-state index contributed by atoms with van der Waals surface area (Å²) in [6.07, 6.45) is 2.41. The number of hydrogen-bond acceptors (Lipinski definition) is 3. The maximum absolute atomic E-state index is 11.3. The van der Waals surface area contributed by atoms with Crippen LogP contribution in [0.15, 0.2) is 24.2 Å². The van der Waals surface area contributed by atoms with Crippen molar-refractivity contribution in [3.8, 4) is 5.75 Å². The third-order valence-electron chi connectivity index (χ3n) is 3.71. The first-order valence-electron chi connectivity index (χ1n) is 11.4. The molecule has 1 saturated carbocycles. The second-order valence-electron chi connectivity index (χ2n) is 5.09. The van der Waals surface area contributed by atoms with E-state index in [9.17, 15) is 10.2 Å². The van der Waals surface area contributed by atoms with E-state index in [2.05, 4.69) is 0 Å². The van der Waals surface area contributed by atoms with Crippen LogP contribution in [0, 0.1) is 0 Å². The van der Waals surface area contributed by atoms with E-state index in [0.717, 1.165) is 6.42 Å². The molecule has 0 amide bonds. The lowest BCUT2D eigenvalue weighted by Gasteiger charge is -2.40. The van der Waals surface area contributed by atoms with Crippen molar-refractivity contribution < 1.29 is 23.9 Å². The number of phenols is 1. The molecular formula is C16H25NO2. The molecule has 0 aliphatic heterocycles. The molecule has 3 nitrogen and oxygen atoms in total. The zero-order chi connectivity index (χ0) is 22.4. The lowest BCUT2D eigenvalue weighted by Crippen LogP contribution is -2.42. The quantitative estimate of drug-likeness (QED) is 0.886. The van der Waals surface area contributed by atoms with Crippen LogP contribution in [0.5, 0.6) is 5.75 Å². The highest BCUT2D eigenvalue weighted by molar-refractivity contribution is 5.30. The SMILES string of the molecule is [2H]c1c([2H])c(C(CN(C([2H])([2H])[2H])C([2H])([2H])[2H])C2(O)CCCCC2)c([2H])c([2H])c1O. The molecule has 1 aliphatic rings. The number of likely N-dealkylation sites (N-methyl/N-ethyl adjacent to an activating group) is 1. The predicted molar refractivity (Wildman–Crippen MR) is 77.4 cm³/mol. The molecule has 1 atom stereocenters. The van der Waals surface area contributed by atoms with Gasteiger partial charge >= 0.3 is 0 Å². The molecule has 1 aromatic carbocycles. The summed E-state index contributed by atoms with van der Waals surface area (Å²) >= 11 is 0. The number of phenolic OH excluding ortho intramolecular Hbond substituents is 1. The molecule has 2 N–H and O–H groups in total. The van der Waals surface area contributed by atoms with E-state index in [1.807, 2.05) is 0 Å². The van der Waals surface area contributed by atoms with Crippen LogP contribution in [-0.2, 0) is 0 Å². The van der Waals surface area contributed by atoms with Crippen LogP contribution < -0.4 is 0 Å². The van der Waals surface area contributed by atoms with Gasteiger partial charge in [0.05, 0.1) is 11.1 Å². The van der Waals surface area contributed by atoms with Crippen LogP contribution in [0.2, 0.25) is 0 Å². The van der Waals surface area contributed by atoms with Gasteiger partial charge in [-0.05, 0) is 44.4 Å². The first-order chi connectivity index (χ1) is 13.1. The summed E-state index contributed by atoms with van der Waals surface area (Å²) in [5, 5.41) is 21.1. The summed E-state index contributed by atoms with van der Waals surface area (Å²) in [5.41, 5.74) is -1.89. The Hall–Kier alpha value is -1.06. The van der Waals surface area contributed by atoms with E-state index in [-0.39, 0.29) is 23.3 Å². The monoisotopic (exact) mass is 273 g/mol. The predicted octanol–water partition coefficient (Wildman–Crippen LogP) is 2.73. The number of benzene rings is 1. The Morgan fingerprint density at radius 2 is 1.89 bits per heavy atom. The Kier molecular flexibility index (Phi) is 1.92. The van der Waals surface area contributed by atoms with Crippen LogP contribution in [0.3, 0.4) is 0 Å². The first-order valence-corrected chi connectivity index (χ1v) is 6.40. The van der Waals surface area contributed by atoms with Gasteiger partial charge in [0.2, 0.25) is 0 Å². The number of nitrogens with zero attached hydrogens (tertiary/aromatic N) is 1. The molecule has 2 rings (SSSR count). The highest BCUT2D eigenvalue weighted by Crippen LogP contribution is 2.40. The summed E-state index contributed by atoms with van der Waals surface area (Å²) in [6, 6.07) is -2.69. The van der Waals surface area contributed by atoms with Crippen LogP contribution >= 0.6 is 0 Å². The van der Waals surface area contributed by atoms with E-state index in [0.29, 0.717) is 12.8 Å². The summed E-state index contributed by atoms with van der Waals surface area (Å²) in [5.74, 6) is -2.17. The molecule has 0 spiro atoms. The lowest BCUT2D eigenvalue weighted by molar-refractivity contribution is -0.0277. The molecule has 0 heterocycles. The number of hydrogen-bond donors (Lipinski definition) is 2. The summed E-state index contributed by atoms with van der Waals surface area (Å²) in [4.78, 5) is 0.260. The Morgan fingerprint density at radius 3 is 2.47 bits per heavy atom. The van der Waals surface area contributed by atoms with Crippen LogP contribution in [0.25, 0.3) is 0 Å². The van der Waals surface area contributed by atoms with E-state index < -0.39 is 61.9 Å². The van der Waals surface area contributed by atoms with E-state index >= 15 is 0 Å². The smallest absolute Gasteiger partial charge is 0.115 e. The molecule has 0 bridgehead atoms. The number of aliphatic hydroxyl groups is 1. The number of rotatable bonds is 4. The van der Waals surface area contributed by atoms with Gasteiger partial charge < -0.3 is 15.1 Å². The molecule has 1 aromatic rings. The Labute approximate surface area is 129 Å². The minimum atomic E-state index is -3.04. The zero-order valence-electron chi connectivity index (χ0n) is 20.7. The van der Waals surface area contributed by atoms with Gasteiger partial charge in [0.1, 0.15) is 5.75 Å². The van der Waals surface area contributed by atoms with Crippen molar-refractivity contribution in [2.75, 3.05) is 20.5 Å². The molecule has 1 unspecified atom stereocenters. The largest absolute Gasteiger partial charge is 0.508 e. The lowest BCUT2D eigenvalue weighted by atomic mass is 9.72. The zero-order valence-corrected chi connectivity index (χ0v) is 10.7. The van der Waals surface area contributed by atoms with Crippen LogP contribution in [-0.4, -0.2) is 41.2 Å². The molecule has 0 aromatic heterocycles. The Morgan fingerprint density at radius 1 is 1.26 bits per heavy atom. The fourth-order valence-electron chi connectivity index (χ4n) is 2.71. The van der Waals surface area contributed by atoms with Gasteiger partial charge in [-0.25, -0.2) is 0 Å². The topological polar surface area (TPSA) is 43.7 Å². The fraction of sp³-hybridized carbons (Fsp3) is 0.625. The molecule has 1 fully saturated rings. The van der Waals surface area contributed by atoms with Crippen molar-refractivity contribution >= 4 is 0 Å². The van der Waals surface area contributed by atoms with E-state index in [1.54, 1.807) is 0 Å². The highest BCUT2D eigenvalue weighted by atomic mass is 16.3.